The Labute approximate surface area is 102 Å². The summed E-state index contributed by atoms with van der Waals surface area (Å²) < 4.78 is 0. The van der Waals surface area contributed by atoms with Gasteiger partial charge < -0.3 is 10.5 Å². The first kappa shape index (κ1) is 10.4. The van der Waals surface area contributed by atoms with Gasteiger partial charge in [-0.25, -0.2) is 0 Å². The summed E-state index contributed by atoms with van der Waals surface area (Å²) in [6.45, 7) is 0. The van der Waals surface area contributed by atoms with Gasteiger partial charge in [0.15, 0.2) is 0 Å². The van der Waals surface area contributed by atoms with Crippen molar-refractivity contribution in [2.75, 3.05) is 0 Å². The van der Waals surface area contributed by atoms with Crippen molar-refractivity contribution in [3.8, 4) is 0 Å². The zero-order chi connectivity index (χ0) is 12.5. The minimum Gasteiger partial charge on any atom is -0.361 e. The number of rotatable bonds is 2. The van der Waals surface area contributed by atoms with Gasteiger partial charge in [0.05, 0.1) is 5.52 Å². The molecule has 5 heteroatoms. The predicted octanol–water partition coefficient (Wildman–Crippen LogP) is 2.20. The third-order valence-electron chi connectivity index (χ3n) is 2.84. The quantitative estimate of drug-likeness (QED) is 0.320. The van der Waals surface area contributed by atoms with E-state index in [1.165, 1.54) is 0 Å². The number of hydrogen-bond donors (Lipinski definition) is 1. The molecule has 5 nitrogen and oxygen atoms in total. The Hall–Kier alpha value is -2.78. The van der Waals surface area contributed by atoms with Crippen LogP contribution in [0, 0.1) is 0 Å². The van der Waals surface area contributed by atoms with Crippen molar-refractivity contribution in [1.29, 1.82) is 0 Å². The molecule has 0 fully saturated rings. The average molecular weight is 236 g/mol. The maximum atomic E-state index is 11.7. The number of nitrogens with zero attached hydrogens (tertiary/aromatic N) is 3. The van der Waals surface area contributed by atoms with Crippen molar-refractivity contribution in [3.63, 3.8) is 0 Å². The number of para-hydroxylation sites is 1. The van der Waals surface area contributed by atoms with Crippen LogP contribution >= 0.6 is 0 Å². The third-order valence-corrected chi connectivity index (χ3v) is 2.84. The van der Waals surface area contributed by atoms with Crippen molar-refractivity contribution < 1.29 is 9.58 Å². The van der Waals surface area contributed by atoms with E-state index in [1.807, 2.05) is 30.3 Å². The van der Waals surface area contributed by atoms with E-state index >= 15 is 0 Å². The first-order valence-electron chi connectivity index (χ1n) is 5.38. The fraction of sp³-hybridized carbons (Fsp3) is 0. The largest absolute Gasteiger partial charge is 0.361 e. The molecule has 1 aromatic carbocycles. The van der Waals surface area contributed by atoms with Gasteiger partial charge in [0.1, 0.15) is 5.69 Å². The Kier molecular flexibility index (Phi) is 2.25. The van der Waals surface area contributed by atoms with Crippen LogP contribution in [-0.4, -0.2) is 26.8 Å². The molecule has 0 aliphatic carbocycles. The number of carbonyl (C=O) groups is 1. The summed E-state index contributed by atoms with van der Waals surface area (Å²) in [6.07, 6.45) is 2.41. The number of nitrogens with one attached hydrogen (secondary N) is 1. The molecule has 3 rings (SSSR count). The normalized spacial score (nSPS) is 10.4. The monoisotopic (exact) mass is 236 g/mol. The fourth-order valence-corrected chi connectivity index (χ4v) is 2.07. The van der Waals surface area contributed by atoms with E-state index in [-0.39, 0.29) is 5.69 Å². The van der Waals surface area contributed by atoms with E-state index in [4.69, 9.17) is 5.53 Å². The summed E-state index contributed by atoms with van der Waals surface area (Å²) in [5, 5.41) is 1.96. The van der Waals surface area contributed by atoms with Crippen molar-refractivity contribution in [2.24, 2.45) is 0 Å². The number of carbonyl (C=O) groups excluding carboxylic acids is 1. The lowest BCUT2D eigenvalue weighted by molar-refractivity contribution is 0.00231. The Morgan fingerprint density at radius 3 is 2.94 bits per heavy atom. The molecule has 0 saturated heterocycles. The molecule has 0 bridgehead atoms. The van der Waals surface area contributed by atoms with E-state index in [0.29, 0.717) is 5.52 Å². The number of Topliss-reactive ketones (excluding diaryl/α,β-unsaturated/α-hetero) is 1. The molecule has 1 N–H and O–H groups in total. The second-order valence-electron chi connectivity index (χ2n) is 3.86. The molecule has 0 atom stereocenters. The number of aromatic nitrogens is 2. The van der Waals surface area contributed by atoms with Crippen LogP contribution in [0.5, 0.6) is 0 Å². The highest BCUT2D eigenvalue weighted by molar-refractivity contribution is 6.36. The van der Waals surface area contributed by atoms with E-state index in [1.54, 1.807) is 6.20 Å². The molecule has 18 heavy (non-hydrogen) atoms. The van der Waals surface area contributed by atoms with Gasteiger partial charge in [0.2, 0.25) is 0 Å². The number of benzene rings is 1. The number of aromatic amines is 1. The molecule has 2 aromatic heterocycles. The average Bonchev–Trinajstić information content (AvgIpc) is 2.77. The van der Waals surface area contributed by atoms with Crippen LogP contribution in [-0.2, 0) is 0 Å². The van der Waals surface area contributed by atoms with Crippen molar-refractivity contribution in [1.82, 2.24) is 9.97 Å². The second kappa shape index (κ2) is 3.91. The summed E-state index contributed by atoms with van der Waals surface area (Å²) in [7, 11) is 0. The SMILES string of the molecule is [N-]=[N+]=CC(=O)c1nccc2c1[nH]c1ccccc12. The topological polar surface area (TPSA) is 82.2 Å². The van der Waals surface area contributed by atoms with Gasteiger partial charge in [0.25, 0.3) is 5.78 Å². The maximum absolute atomic E-state index is 11.7. The van der Waals surface area contributed by atoms with Gasteiger partial charge in [-0.2, -0.15) is 4.79 Å². The van der Waals surface area contributed by atoms with Crippen LogP contribution in [0.3, 0.4) is 0 Å². The van der Waals surface area contributed by atoms with Gasteiger partial charge in [-0.05, 0) is 12.1 Å². The number of ketones is 1. The zero-order valence-electron chi connectivity index (χ0n) is 9.29. The molecule has 3 aromatic rings. The van der Waals surface area contributed by atoms with Crippen molar-refractivity contribution >= 4 is 33.8 Å². The number of pyridine rings is 1. The molecule has 0 radical (unpaired) electrons. The lowest BCUT2D eigenvalue weighted by atomic mass is 10.1. The highest BCUT2D eigenvalue weighted by Crippen LogP contribution is 2.26. The minimum atomic E-state index is -0.436. The summed E-state index contributed by atoms with van der Waals surface area (Å²) in [4.78, 5) is 21.7. The second-order valence-corrected chi connectivity index (χ2v) is 3.86. The molecule has 0 saturated carbocycles. The first-order chi connectivity index (χ1) is 8.81. The zero-order valence-corrected chi connectivity index (χ0v) is 9.29. The number of H-pyrrole nitrogens is 1. The minimum absolute atomic E-state index is 0.251. The molecule has 86 valence electrons. The Morgan fingerprint density at radius 1 is 1.28 bits per heavy atom. The van der Waals surface area contributed by atoms with Crippen molar-refractivity contribution in [3.05, 3.63) is 47.8 Å². The van der Waals surface area contributed by atoms with Crippen LogP contribution < -0.4 is 0 Å². The Bertz CT molecular complexity index is 812. The smallest absolute Gasteiger partial charge is 0.329 e. The Balaban J connectivity index is 2.41. The third kappa shape index (κ3) is 1.43. The highest BCUT2D eigenvalue weighted by Gasteiger charge is 2.15. The molecule has 2 heterocycles. The number of hydrogen-bond acceptors (Lipinski definition) is 2. The molecule has 0 unspecified atom stereocenters. The highest BCUT2D eigenvalue weighted by atomic mass is 16.1. The van der Waals surface area contributed by atoms with Crippen LogP contribution in [0.1, 0.15) is 10.5 Å². The predicted molar refractivity (Wildman–Crippen MR) is 67.6 cm³/mol. The first-order valence-corrected chi connectivity index (χ1v) is 5.38. The van der Waals surface area contributed by atoms with Crippen LogP contribution in [0.15, 0.2) is 36.5 Å². The lowest BCUT2D eigenvalue weighted by Gasteiger charge is -1.94. The fourth-order valence-electron chi connectivity index (χ4n) is 2.07. The standard InChI is InChI=1S/C13H8N4O/c14-16-7-11(18)13-12-9(5-6-15-13)8-3-1-2-4-10(8)17-12/h1-7,17H. The van der Waals surface area contributed by atoms with Gasteiger partial charge >= 0.3 is 6.21 Å². The molecule has 0 aliphatic rings. The summed E-state index contributed by atoms with van der Waals surface area (Å²) in [5.41, 5.74) is 10.3. The van der Waals surface area contributed by atoms with Crippen molar-refractivity contribution in [2.45, 2.75) is 0 Å². The van der Waals surface area contributed by atoms with E-state index in [2.05, 4.69) is 14.8 Å². The van der Waals surface area contributed by atoms with Gasteiger partial charge in [-0.3, -0.25) is 9.78 Å². The molecule has 0 aliphatic heterocycles. The molecule has 0 amide bonds. The van der Waals surface area contributed by atoms with Gasteiger partial charge in [-0.1, -0.05) is 18.2 Å². The Morgan fingerprint density at radius 2 is 2.11 bits per heavy atom. The number of fused-ring (bicyclic) bond motifs is 3. The van der Waals surface area contributed by atoms with E-state index < -0.39 is 5.78 Å². The van der Waals surface area contributed by atoms with Gasteiger partial charge in [-0.15, -0.1) is 0 Å². The summed E-state index contributed by atoms with van der Waals surface area (Å²) in [5.74, 6) is -0.436. The molecule has 0 spiro atoms. The summed E-state index contributed by atoms with van der Waals surface area (Å²) in [6, 6.07) is 9.61. The van der Waals surface area contributed by atoms with E-state index in [0.717, 1.165) is 22.5 Å². The summed E-state index contributed by atoms with van der Waals surface area (Å²) >= 11 is 0. The molecular weight excluding hydrogens is 228 g/mol. The lowest BCUT2D eigenvalue weighted by Crippen LogP contribution is -2.04. The molecular formula is C13H8N4O. The maximum Gasteiger partial charge on any atom is 0.329 e. The van der Waals surface area contributed by atoms with E-state index in [9.17, 15) is 4.79 Å². The van der Waals surface area contributed by atoms with Gasteiger partial charge in [0, 0.05) is 22.5 Å². The van der Waals surface area contributed by atoms with Crippen LogP contribution in [0.2, 0.25) is 0 Å². The van der Waals surface area contributed by atoms with Crippen LogP contribution in [0.4, 0.5) is 0 Å². The van der Waals surface area contributed by atoms with Crippen LogP contribution in [0.25, 0.3) is 27.3 Å².